The molecule has 1 aliphatic carbocycles. The van der Waals surface area contributed by atoms with Crippen LogP contribution in [0.4, 0.5) is 0 Å². The number of esters is 2. The molecule has 0 radical (unpaired) electrons. The van der Waals surface area contributed by atoms with Gasteiger partial charge in [0.1, 0.15) is 12.2 Å². The molecule has 5 fully saturated rings. The first kappa shape index (κ1) is 14.6. The monoisotopic (exact) mass is 336 g/mol. The van der Waals surface area contributed by atoms with Crippen LogP contribution < -0.4 is 0 Å². The highest BCUT2D eigenvalue weighted by Gasteiger charge is 2.65. The summed E-state index contributed by atoms with van der Waals surface area (Å²) in [7, 11) is 0. The zero-order chi connectivity index (χ0) is 15.9. The largest absolute Gasteiger partial charge is 0.462 e. The Kier molecular flexibility index (Phi) is 2.97. The zero-order valence-electron chi connectivity index (χ0n) is 13.7. The van der Waals surface area contributed by atoms with E-state index in [2.05, 4.69) is 13.8 Å². The Labute approximate surface area is 141 Å². The lowest BCUT2D eigenvalue weighted by Gasteiger charge is -2.33. The lowest BCUT2D eigenvalue weighted by atomic mass is 9.68. The van der Waals surface area contributed by atoms with Gasteiger partial charge in [-0.2, -0.15) is 0 Å². The van der Waals surface area contributed by atoms with Gasteiger partial charge in [0.05, 0.1) is 16.6 Å². The third kappa shape index (κ3) is 1.86. The van der Waals surface area contributed by atoms with Crippen LogP contribution in [0.25, 0.3) is 0 Å². The molecule has 9 atom stereocenters. The van der Waals surface area contributed by atoms with E-state index in [4.69, 9.17) is 9.47 Å². The summed E-state index contributed by atoms with van der Waals surface area (Å²) in [5.74, 6) is 1.64. The number of rotatable bonds is 3. The van der Waals surface area contributed by atoms with Gasteiger partial charge < -0.3 is 9.47 Å². The van der Waals surface area contributed by atoms with Gasteiger partial charge in [0.2, 0.25) is 0 Å². The fourth-order valence-electron chi connectivity index (χ4n) is 5.88. The molecule has 23 heavy (non-hydrogen) atoms. The van der Waals surface area contributed by atoms with E-state index in [0.717, 1.165) is 32.1 Å². The predicted molar refractivity (Wildman–Crippen MR) is 85.8 cm³/mol. The van der Waals surface area contributed by atoms with Crippen LogP contribution >= 0.6 is 11.8 Å². The molecule has 5 unspecified atom stereocenters. The van der Waals surface area contributed by atoms with E-state index in [1.807, 2.05) is 11.8 Å². The van der Waals surface area contributed by atoms with Crippen molar-refractivity contribution in [2.75, 3.05) is 0 Å². The molecule has 0 amide bonds. The van der Waals surface area contributed by atoms with E-state index in [0.29, 0.717) is 28.3 Å². The third-order valence-electron chi connectivity index (χ3n) is 7.30. The summed E-state index contributed by atoms with van der Waals surface area (Å²) in [4.78, 5) is 24.2. The summed E-state index contributed by atoms with van der Waals surface area (Å²) in [6.07, 6.45) is 5.41. The molecule has 126 valence electrons. The van der Waals surface area contributed by atoms with E-state index >= 15 is 0 Å². The van der Waals surface area contributed by atoms with Crippen LogP contribution in [0.2, 0.25) is 0 Å². The van der Waals surface area contributed by atoms with Crippen molar-refractivity contribution in [2.45, 2.75) is 68.7 Å². The number of carbonyl (C=O) groups is 2. The first-order chi connectivity index (χ1) is 11.0. The summed E-state index contributed by atoms with van der Waals surface area (Å²) in [5, 5.41) is 0.993. The van der Waals surface area contributed by atoms with Crippen molar-refractivity contribution < 1.29 is 19.1 Å². The Hall–Kier alpha value is -0.710. The average Bonchev–Trinajstić information content (AvgIpc) is 3.16. The quantitative estimate of drug-likeness (QED) is 0.742. The number of hydrogen-bond donors (Lipinski definition) is 0. The van der Waals surface area contributed by atoms with Crippen molar-refractivity contribution in [2.24, 2.45) is 29.1 Å². The summed E-state index contributed by atoms with van der Waals surface area (Å²) < 4.78 is 11.3. The van der Waals surface area contributed by atoms with Crippen LogP contribution in [0.5, 0.6) is 0 Å². The minimum Gasteiger partial charge on any atom is -0.462 e. The van der Waals surface area contributed by atoms with Crippen LogP contribution in [0, 0.1) is 29.1 Å². The molecule has 4 nitrogen and oxygen atoms in total. The smallest absolute Gasteiger partial charge is 0.312 e. The maximum Gasteiger partial charge on any atom is 0.312 e. The lowest BCUT2D eigenvalue weighted by Crippen LogP contribution is -2.37. The van der Waals surface area contributed by atoms with E-state index < -0.39 is 0 Å². The van der Waals surface area contributed by atoms with Crippen LogP contribution in [0.3, 0.4) is 0 Å². The molecule has 1 saturated carbocycles. The molecule has 4 bridgehead atoms. The molecule has 0 aromatic rings. The van der Waals surface area contributed by atoms with E-state index in [9.17, 15) is 9.59 Å². The summed E-state index contributed by atoms with van der Waals surface area (Å²) in [6.45, 7) is 4.30. The minimum absolute atomic E-state index is 0.0105. The highest BCUT2D eigenvalue weighted by molar-refractivity contribution is 8.01. The van der Waals surface area contributed by atoms with Crippen LogP contribution in [0.1, 0.15) is 46.0 Å². The van der Waals surface area contributed by atoms with Crippen molar-refractivity contribution >= 4 is 23.7 Å². The van der Waals surface area contributed by atoms with Crippen LogP contribution in [-0.4, -0.2) is 34.6 Å². The summed E-state index contributed by atoms with van der Waals surface area (Å²) in [5.41, 5.74) is -0.222. The molecule has 0 aromatic carbocycles. The molecule has 5 rings (SSSR count). The van der Waals surface area contributed by atoms with Crippen LogP contribution in [-0.2, 0) is 19.1 Å². The molecule has 4 saturated heterocycles. The molecule has 0 N–H and O–H groups in total. The Morgan fingerprint density at radius 1 is 1.22 bits per heavy atom. The highest BCUT2D eigenvalue weighted by atomic mass is 32.2. The molecule has 4 aliphatic heterocycles. The predicted octanol–water partition coefficient (Wildman–Crippen LogP) is 2.79. The zero-order valence-corrected chi connectivity index (χ0v) is 14.5. The molecule has 5 aliphatic rings. The SMILES string of the molecule is C[C@H]1C2OC(=O)C3C2SC1[C@@H]3CC[C@@H]1CC[C@]2(C)CC1OC2=O. The van der Waals surface area contributed by atoms with Gasteiger partial charge in [-0.3, -0.25) is 9.59 Å². The normalized spacial score (nSPS) is 56.1. The molecular weight excluding hydrogens is 312 g/mol. The highest BCUT2D eigenvalue weighted by Crippen LogP contribution is 2.62. The third-order valence-corrected chi connectivity index (χ3v) is 9.27. The van der Waals surface area contributed by atoms with Gasteiger partial charge in [0, 0.05) is 17.6 Å². The molecule has 5 heteroatoms. The first-order valence-electron chi connectivity index (χ1n) is 9.05. The minimum atomic E-state index is -0.222. The lowest BCUT2D eigenvalue weighted by molar-refractivity contribution is -0.147. The Morgan fingerprint density at radius 2 is 2.04 bits per heavy atom. The number of thioether (sulfide) groups is 1. The summed E-state index contributed by atoms with van der Waals surface area (Å²) >= 11 is 2.00. The van der Waals surface area contributed by atoms with Crippen molar-refractivity contribution in [3.8, 4) is 0 Å². The summed E-state index contributed by atoms with van der Waals surface area (Å²) in [6, 6.07) is 0. The van der Waals surface area contributed by atoms with E-state index in [1.165, 1.54) is 0 Å². The topological polar surface area (TPSA) is 52.6 Å². The van der Waals surface area contributed by atoms with Gasteiger partial charge in [-0.05, 0) is 44.4 Å². The average molecular weight is 336 g/mol. The van der Waals surface area contributed by atoms with Gasteiger partial charge in [-0.1, -0.05) is 6.92 Å². The molecular formula is C18H24O4S. The van der Waals surface area contributed by atoms with Gasteiger partial charge in [-0.15, -0.1) is 11.8 Å². The second-order valence-corrected chi connectivity index (χ2v) is 9.96. The number of ether oxygens (including phenoxy) is 2. The molecule has 0 spiro atoms. The van der Waals surface area contributed by atoms with Crippen molar-refractivity contribution in [1.29, 1.82) is 0 Å². The number of fused-ring (bicyclic) bond motifs is 3. The van der Waals surface area contributed by atoms with Crippen molar-refractivity contribution in [3.05, 3.63) is 0 Å². The van der Waals surface area contributed by atoms with Gasteiger partial charge in [-0.25, -0.2) is 0 Å². The second-order valence-electron chi connectivity index (χ2n) is 8.60. The fraction of sp³-hybridized carbons (Fsp3) is 0.889. The number of carbonyl (C=O) groups excluding carboxylic acids is 2. The van der Waals surface area contributed by atoms with Crippen LogP contribution in [0.15, 0.2) is 0 Å². The van der Waals surface area contributed by atoms with Gasteiger partial charge >= 0.3 is 11.9 Å². The standard InChI is InChI=1S/C18H24O4S/c1-8-13-15-12(16(19)22-13)10(14(8)23-15)4-3-9-5-6-18(2)7-11(9)21-17(18)20/h8-15H,3-7H2,1-2H3/t8-,9+,10+,11?,12?,13?,14?,15?,18+/m0/s1. The Morgan fingerprint density at radius 3 is 2.87 bits per heavy atom. The Balaban J connectivity index is 1.27. The van der Waals surface area contributed by atoms with Gasteiger partial charge in [0.15, 0.2) is 0 Å². The fourth-order valence-corrected chi connectivity index (χ4v) is 8.09. The van der Waals surface area contributed by atoms with Gasteiger partial charge in [0.25, 0.3) is 0 Å². The molecule has 0 aromatic heterocycles. The van der Waals surface area contributed by atoms with Crippen molar-refractivity contribution in [3.63, 3.8) is 0 Å². The molecule has 4 heterocycles. The number of hydrogen-bond acceptors (Lipinski definition) is 5. The second kappa shape index (κ2) is 4.68. The van der Waals surface area contributed by atoms with Crippen molar-refractivity contribution in [1.82, 2.24) is 0 Å². The maximum atomic E-state index is 12.2. The van der Waals surface area contributed by atoms with E-state index in [-0.39, 0.29) is 35.5 Å². The Bertz CT molecular complexity index is 577. The first-order valence-corrected chi connectivity index (χ1v) is 9.99. The maximum absolute atomic E-state index is 12.2. The van der Waals surface area contributed by atoms with E-state index in [1.54, 1.807) is 0 Å².